The zero-order valence-electron chi connectivity index (χ0n) is 16.4. The maximum Gasteiger partial charge on any atom is 0.270 e. The van der Waals surface area contributed by atoms with Crippen LogP contribution in [0.5, 0.6) is 5.75 Å². The van der Waals surface area contributed by atoms with Gasteiger partial charge in [0.1, 0.15) is 5.75 Å². The molecule has 0 fully saturated rings. The van der Waals surface area contributed by atoms with Crippen LogP contribution in [0.3, 0.4) is 0 Å². The SMILES string of the molecule is Cc1cccc(Nc2nc3nonc3nc2NN=Cc2cc([N+](=O)[O-])ccc2O)c1C. The first-order valence-electron chi connectivity index (χ1n) is 9.02. The molecule has 2 heterocycles. The van der Waals surface area contributed by atoms with Gasteiger partial charge in [0.05, 0.1) is 11.1 Å². The molecule has 2 aromatic carbocycles. The minimum atomic E-state index is -0.562. The lowest BCUT2D eigenvalue weighted by Gasteiger charge is -2.12. The standard InChI is InChI=1S/C19H16N8O4/c1-10-4-3-5-14(11(10)2)21-16-17(23-19-18(22-16)25-31-26-19)24-20-9-12-8-13(27(29)30)6-7-15(12)28/h3-9,28H,1-2H3,(H,21,22,25)(H,23,24,26). The number of aromatic nitrogens is 4. The molecular formula is C19H16N8O4. The highest BCUT2D eigenvalue weighted by molar-refractivity contribution is 5.85. The molecular weight excluding hydrogens is 404 g/mol. The van der Waals surface area contributed by atoms with Crippen LogP contribution < -0.4 is 10.7 Å². The van der Waals surface area contributed by atoms with Crippen molar-refractivity contribution in [3.8, 4) is 5.75 Å². The number of phenolic OH excluding ortho intramolecular Hbond substituents is 1. The number of phenols is 1. The van der Waals surface area contributed by atoms with Gasteiger partial charge in [-0.3, -0.25) is 15.5 Å². The van der Waals surface area contributed by atoms with Crippen LogP contribution in [0.4, 0.5) is 23.0 Å². The molecule has 0 aliphatic carbocycles. The molecule has 0 aliphatic rings. The van der Waals surface area contributed by atoms with Crippen LogP contribution in [-0.4, -0.2) is 36.5 Å². The van der Waals surface area contributed by atoms with Crippen molar-refractivity contribution in [1.82, 2.24) is 20.3 Å². The van der Waals surface area contributed by atoms with Gasteiger partial charge in [-0.25, -0.2) is 9.61 Å². The molecule has 0 spiro atoms. The van der Waals surface area contributed by atoms with Crippen molar-refractivity contribution in [1.29, 1.82) is 0 Å². The number of hydrogen-bond acceptors (Lipinski definition) is 11. The lowest BCUT2D eigenvalue weighted by molar-refractivity contribution is -0.384. The van der Waals surface area contributed by atoms with E-state index in [1.165, 1.54) is 24.4 Å². The third-order valence-electron chi connectivity index (χ3n) is 4.57. The number of fused-ring (bicyclic) bond motifs is 1. The molecule has 31 heavy (non-hydrogen) atoms. The molecule has 3 N–H and O–H groups in total. The van der Waals surface area contributed by atoms with Crippen molar-refractivity contribution in [2.45, 2.75) is 13.8 Å². The second-order valence-electron chi connectivity index (χ2n) is 6.57. The molecule has 0 saturated carbocycles. The number of nitro benzene ring substituents is 1. The number of anilines is 3. The van der Waals surface area contributed by atoms with E-state index in [9.17, 15) is 15.2 Å². The van der Waals surface area contributed by atoms with E-state index >= 15 is 0 Å². The summed E-state index contributed by atoms with van der Waals surface area (Å²) in [5.41, 5.74) is 6.01. The summed E-state index contributed by atoms with van der Waals surface area (Å²) in [5, 5.41) is 35.5. The van der Waals surface area contributed by atoms with Crippen LogP contribution in [-0.2, 0) is 0 Å². The Balaban J connectivity index is 1.66. The minimum absolute atomic E-state index is 0.155. The number of hydrazone groups is 1. The van der Waals surface area contributed by atoms with Crippen LogP contribution in [0.15, 0.2) is 46.1 Å². The average Bonchev–Trinajstić information content (AvgIpc) is 3.20. The molecule has 0 radical (unpaired) electrons. The fraction of sp³-hybridized carbons (Fsp3) is 0.105. The van der Waals surface area contributed by atoms with Gasteiger partial charge in [0.2, 0.25) is 11.3 Å². The van der Waals surface area contributed by atoms with E-state index in [-0.39, 0.29) is 34.1 Å². The lowest BCUT2D eigenvalue weighted by atomic mass is 10.1. The second kappa shape index (κ2) is 8.02. The van der Waals surface area contributed by atoms with Crippen molar-refractivity contribution in [2.75, 3.05) is 10.7 Å². The summed E-state index contributed by atoms with van der Waals surface area (Å²) < 4.78 is 4.68. The van der Waals surface area contributed by atoms with Gasteiger partial charge in [0, 0.05) is 23.4 Å². The number of nitrogens with zero attached hydrogens (tertiary/aromatic N) is 6. The first kappa shape index (κ1) is 19.7. The topological polar surface area (TPSA) is 164 Å². The maximum atomic E-state index is 10.9. The summed E-state index contributed by atoms with van der Waals surface area (Å²) >= 11 is 0. The molecule has 12 nitrogen and oxygen atoms in total. The molecule has 12 heteroatoms. The average molecular weight is 420 g/mol. The Labute approximate surface area is 174 Å². The second-order valence-corrected chi connectivity index (χ2v) is 6.57. The fourth-order valence-corrected chi connectivity index (χ4v) is 2.74. The first-order valence-corrected chi connectivity index (χ1v) is 9.02. The van der Waals surface area contributed by atoms with Gasteiger partial charge < -0.3 is 10.4 Å². The van der Waals surface area contributed by atoms with E-state index in [0.717, 1.165) is 16.8 Å². The van der Waals surface area contributed by atoms with E-state index < -0.39 is 4.92 Å². The number of non-ortho nitro benzene ring substituents is 1. The van der Waals surface area contributed by atoms with Crippen LogP contribution in [0.25, 0.3) is 11.3 Å². The highest BCUT2D eigenvalue weighted by Crippen LogP contribution is 2.27. The van der Waals surface area contributed by atoms with Crippen molar-refractivity contribution in [2.24, 2.45) is 5.10 Å². The van der Waals surface area contributed by atoms with E-state index in [2.05, 4.69) is 40.8 Å². The third-order valence-corrected chi connectivity index (χ3v) is 4.57. The summed E-state index contributed by atoms with van der Waals surface area (Å²) in [6.45, 7) is 3.96. The van der Waals surface area contributed by atoms with Crippen molar-refractivity contribution >= 4 is 40.5 Å². The number of aromatic hydroxyl groups is 1. The normalized spacial score (nSPS) is 11.2. The Hall–Kier alpha value is -4.61. The maximum absolute atomic E-state index is 10.9. The Bertz CT molecular complexity index is 1320. The largest absolute Gasteiger partial charge is 0.507 e. The fourth-order valence-electron chi connectivity index (χ4n) is 2.74. The van der Waals surface area contributed by atoms with Crippen LogP contribution in [0, 0.1) is 24.0 Å². The molecule has 0 bridgehead atoms. The van der Waals surface area contributed by atoms with Crippen LogP contribution in [0.1, 0.15) is 16.7 Å². The Kier molecular flexibility index (Phi) is 5.10. The van der Waals surface area contributed by atoms with Crippen LogP contribution >= 0.6 is 0 Å². The molecule has 4 aromatic rings. The number of rotatable bonds is 6. The quantitative estimate of drug-likeness (QED) is 0.239. The predicted octanol–water partition coefficient (Wildman–Crippen LogP) is 3.43. The summed E-state index contributed by atoms with van der Waals surface area (Å²) in [7, 11) is 0. The predicted molar refractivity (Wildman–Crippen MR) is 113 cm³/mol. The highest BCUT2D eigenvalue weighted by atomic mass is 16.6. The van der Waals surface area contributed by atoms with Gasteiger partial charge in [-0.1, -0.05) is 12.1 Å². The number of aryl methyl sites for hydroxylation is 1. The van der Waals surface area contributed by atoms with Gasteiger partial charge in [-0.2, -0.15) is 10.1 Å². The zero-order valence-corrected chi connectivity index (χ0v) is 16.4. The summed E-state index contributed by atoms with van der Waals surface area (Å²) in [6, 6.07) is 9.41. The van der Waals surface area contributed by atoms with Crippen molar-refractivity contribution in [3.05, 3.63) is 63.2 Å². The summed E-state index contributed by atoms with van der Waals surface area (Å²) in [5.74, 6) is 0.370. The molecule has 4 rings (SSSR count). The van der Waals surface area contributed by atoms with E-state index in [0.29, 0.717) is 5.82 Å². The molecule has 2 aromatic heterocycles. The number of nitro groups is 1. The Morgan fingerprint density at radius 2 is 1.87 bits per heavy atom. The zero-order chi connectivity index (χ0) is 22.0. The molecule has 0 atom stereocenters. The number of hydrogen-bond donors (Lipinski definition) is 3. The number of benzene rings is 2. The molecule has 156 valence electrons. The van der Waals surface area contributed by atoms with Gasteiger partial charge in [-0.05, 0) is 47.4 Å². The monoisotopic (exact) mass is 420 g/mol. The molecule has 0 amide bonds. The summed E-state index contributed by atoms with van der Waals surface area (Å²) in [6.07, 6.45) is 1.23. The van der Waals surface area contributed by atoms with E-state index in [1.807, 2.05) is 32.0 Å². The van der Waals surface area contributed by atoms with E-state index in [1.54, 1.807) is 0 Å². The van der Waals surface area contributed by atoms with Crippen LogP contribution in [0.2, 0.25) is 0 Å². The minimum Gasteiger partial charge on any atom is -0.507 e. The molecule has 0 unspecified atom stereocenters. The van der Waals surface area contributed by atoms with Gasteiger partial charge >= 0.3 is 0 Å². The Morgan fingerprint density at radius 1 is 1.13 bits per heavy atom. The Morgan fingerprint density at radius 3 is 2.61 bits per heavy atom. The number of nitrogens with one attached hydrogen (secondary N) is 2. The van der Waals surface area contributed by atoms with Gasteiger partial charge in [0.25, 0.3) is 5.69 Å². The lowest BCUT2D eigenvalue weighted by Crippen LogP contribution is -2.04. The van der Waals surface area contributed by atoms with Crippen molar-refractivity contribution in [3.63, 3.8) is 0 Å². The summed E-state index contributed by atoms with van der Waals surface area (Å²) in [4.78, 5) is 19.0. The smallest absolute Gasteiger partial charge is 0.270 e. The first-order chi connectivity index (χ1) is 14.9. The van der Waals surface area contributed by atoms with E-state index in [4.69, 9.17) is 0 Å². The van der Waals surface area contributed by atoms with Gasteiger partial charge in [-0.15, -0.1) is 0 Å². The van der Waals surface area contributed by atoms with Crippen molar-refractivity contribution < 1.29 is 14.7 Å². The highest BCUT2D eigenvalue weighted by Gasteiger charge is 2.14. The molecule has 0 aliphatic heterocycles. The third kappa shape index (κ3) is 4.07. The van der Waals surface area contributed by atoms with Gasteiger partial charge in [0.15, 0.2) is 11.6 Å². The molecule has 0 saturated heterocycles.